The minimum absolute atomic E-state index is 0.182. The van der Waals surface area contributed by atoms with Gasteiger partial charge >= 0.3 is 5.69 Å². The summed E-state index contributed by atoms with van der Waals surface area (Å²) in [7, 11) is 0. The van der Waals surface area contributed by atoms with Crippen molar-refractivity contribution in [3.8, 4) is 11.5 Å². The fourth-order valence-electron chi connectivity index (χ4n) is 2.16. The quantitative estimate of drug-likeness (QED) is 0.197. The van der Waals surface area contributed by atoms with Gasteiger partial charge < -0.3 is 24.9 Å². The molecule has 1 aromatic heterocycles. The first-order chi connectivity index (χ1) is 13.5. The van der Waals surface area contributed by atoms with Gasteiger partial charge in [0.25, 0.3) is 5.56 Å². The molecule has 0 unspecified atom stereocenters. The zero-order valence-electron chi connectivity index (χ0n) is 15.1. The molecule has 2 aromatic rings. The van der Waals surface area contributed by atoms with Crippen LogP contribution >= 0.6 is 0 Å². The molecule has 0 aliphatic heterocycles. The van der Waals surface area contributed by atoms with Crippen molar-refractivity contribution in [3.63, 3.8) is 0 Å². The van der Waals surface area contributed by atoms with E-state index in [0.29, 0.717) is 18.8 Å². The fourth-order valence-corrected chi connectivity index (χ4v) is 2.16. The van der Waals surface area contributed by atoms with Crippen molar-refractivity contribution in [2.75, 3.05) is 13.2 Å². The molecule has 0 radical (unpaired) electrons. The van der Waals surface area contributed by atoms with Crippen LogP contribution in [0, 0.1) is 0 Å². The molecule has 28 heavy (non-hydrogen) atoms. The first-order valence-electron chi connectivity index (χ1n) is 8.71. The Balaban J connectivity index is 1.50. The van der Waals surface area contributed by atoms with Crippen LogP contribution in [0.25, 0.3) is 0 Å². The maximum atomic E-state index is 11.1. The van der Waals surface area contributed by atoms with Crippen LogP contribution in [0.1, 0.15) is 36.9 Å². The molecule has 0 aliphatic rings. The second-order valence-corrected chi connectivity index (χ2v) is 5.84. The number of hydrogen-bond donors (Lipinski definition) is 4. The van der Waals surface area contributed by atoms with Crippen LogP contribution in [0.2, 0.25) is 0 Å². The number of unbranched alkanes of at least 4 members (excludes halogenated alkanes) is 3. The van der Waals surface area contributed by atoms with Crippen LogP contribution < -0.4 is 11.2 Å². The molecule has 0 atom stereocenters. The van der Waals surface area contributed by atoms with Gasteiger partial charge in [0.1, 0.15) is 13.2 Å². The van der Waals surface area contributed by atoms with Crippen molar-refractivity contribution in [2.45, 2.75) is 25.7 Å². The maximum Gasteiger partial charge on any atom is 0.326 e. The van der Waals surface area contributed by atoms with E-state index in [9.17, 15) is 19.8 Å². The average molecular weight is 390 g/mol. The molecule has 4 N–H and O–H groups in total. The summed E-state index contributed by atoms with van der Waals surface area (Å²) in [6.07, 6.45) is 6.23. The molecule has 1 aromatic carbocycles. The summed E-state index contributed by atoms with van der Waals surface area (Å²) in [5, 5.41) is 26.1. The third-order valence-corrected chi connectivity index (χ3v) is 3.54. The summed E-state index contributed by atoms with van der Waals surface area (Å²) in [4.78, 5) is 36.8. The van der Waals surface area contributed by atoms with E-state index >= 15 is 0 Å². The highest BCUT2D eigenvalue weighted by atomic mass is 16.6. The average Bonchev–Trinajstić information content (AvgIpc) is 2.64. The predicted octanol–water partition coefficient (Wildman–Crippen LogP) is 1.44. The second-order valence-electron chi connectivity index (χ2n) is 5.84. The van der Waals surface area contributed by atoms with Crippen LogP contribution in [0.5, 0.6) is 11.5 Å². The lowest BCUT2D eigenvalue weighted by atomic mass is 10.2. The number of phenolic OH excluding ortho intramolecular Hbond substituents is 2. The van der Waals surface area contributed by atoms with Gasteiger partial charge in [0.05, 0.1) is 18.1 Å². The Morgan fingerprint density at radius 2 is 1.54 bits per heavy atom. The summed E-state index contributed by atoms with van der Waals surface area (Å²) in [5.41, 5.74) is -0.203. The lowest BCUT2D eigenvalue weighted by Crippen LogP contribution is -2.22. The SMILES string of the molecule is O=c1cc(/C=N/OCCCCCCO/N=C/c2ccc(O)c(O)c2)[nH]c(=O)[nH]1. The van der Waals surface area contributed by atoms with Gasteiger partial charge in [-0.2, -0.15) is 0 Å². The predicted molar refractivity (Wildman–Crippen MR) is 103 cm³/mol. The first-order valence-corrected chi connectivity index (χ1v) is 8.71. The first kappa shape index (κ1) is 20.7. The number of aromatic nitrogens is 2. The Hall–Kier alpha value is -3.56. The number of rotatable bonds is 11. The fraction of sp³-hybridized carbons (Fsp3) is 0.333. The maximum absolute atomic E-state index is 11.1. The van der Waals surface area contributed by atoms with Crippen molar-refractivity contribution in [2.24, 2.45) is 10.3 Å². The second kappa shape index (κ2) is 11.2. The monoisotopic (exact) mass is 390 g/mol. The summed E-state index contributed by atoms with van der Waals surface area (Å²) in [6, 6.07) is 5.58. The number of benzene rings is 1. The molecule has 0 saturated carbocycles. The van der Waals surface area contributed by atoms with Crippen molar-refractivity contribution < 1.29 is 19.9 Å². The van der Waals surface area contributed by atoms with Crippen molar-refractivity contribution in [1.29, 1.82) is 0 Å². The topological polar surface area (TPSA) is 149 Å². The number of aromatic amines is 2. The number of oxime groups is 2. The number of aromatic hydroxyl groups is 2. The van der Waals surface area contributed by atoms with Crippen LogP contribution in [0.15, 0.2) is 44.2 Å². The van der Waals surface area contributed by atoms with E-state index in [0.717, 1.165) is 25.7 Å². The van der Waals surface area contributed by atoms with Crippen LogP contribution in [0.4, 0.5) is 0 Å². The zero-order chi connectivity index (χ0) is 20.2. The Labute approximate surface area is 160 Å². The number of hydrogen-bond acceptors (Lipinski definition) is 8. The molecule has 0 saturated heterocycles. The molecule has 1 heterocycles. The molecule has 0 amide bonds. The van der Waals surface area contributed by atoms with E-state index in [4.69, 9.17) is 9.68 Å². The van der Waals surface area contributed by atoms with Crippen LogP contribution in [-0.2, 0) is 9.68 Å². The van der Waals surface area contributed by atoms with Gasteiger partial charge in [0.2, 0.25) is 0 Å². The van der Waals surface area contributed by atoms with Gasteiger partial charge in [-0.1, -0.05) is 10.3 Å². The Kier molecular flexibility index (Phi) is 8.31. The highest BCUT2D eigenvalue weighted by molar-refractivity contribution is 5.80. The number of nitrogens with one attached hydrogen (secondary N) is 2. The Morgan fingerprint density at radius 3 is 2.18 bits per heavy atom. The molecule has 10 heteroatoms. The molecule has 0 bridgehead atoms. The summed E-state index contributed by atoms with van der Waals surface area (Å²) in [6.45, 7) is 0.892. The van der Waals surface area contributed by atoms with Gasteiger partial charge in [-0.3, -0.25) is 9.78 Å². The summed E-state index contributed by atoms with van der Waals surface area (Å²) < 4.78 is 0. The van der Waals surface area contributed by atoms with Crippen molar-refractivity contribution in [3.05, 3.63) is 56.4 Å². The molecule has 2 rings (SSSR count). The minimum Gasteiger partial charge on any atom is -0.504 e. The zero-order valence-corrected chi connectivity index (χ0v) is 15.1. The number of nitrogens with zero attached hydrogens (tertiary/aromatic N) is 2. The molecule has 0 aliphatic carbocycles. The largest absolute Gasteiger partial charge is 0.504 e. The normalized spacial score (nSPS) is 11.3. The molecular formula is C18H22N4O6. The molecule has 0 spiro atoms. The van der Waals surface area contributed by atoms with E-state index in [1.165, 1.54) is 30.6 Å². The third-order valence-electron chi connectivity index (χ3n) is 3.54. The van der Waals surface area contributed by atoms with Gasteiger partial charge in [0, 0.05) is 6.07 Å². The van der Waals surface area contributed by atoms with Crippen molar-refractivity contribution >= 4 is 12.4 Å². The van der Waals surface area contributed by atoms with Gasteiger partial charge in [-0.25, -0.2) is 4.79 Å². The lowest BCUT2D eigenvalue weighted by Gasteiger charge is -2.01. The summed E-state index contributed by atoms with van der Waals surface area (Å²) in [5.74, 6) is -0.390. The summed E-state index contributed by atoms with van der Waals surface area (Å²) >= 11 is 0. The molecular weight excluding hydrogens is 368 g/mol. The van der Waals surface area contributed by atoms with Gasteiger partial charge in [-0.15, -0.1) is 0 Å². The minimum atomic E-state index is -0.596. The van der Waals surface area contributed by atoms with E-state index in [1.807, 2.05) is 0 Å². The molecule has 150 valence electrons. The van der Waals surface area contributed by atoms with E-state index in [1.54, 1.807) is 6.07 Å². The lowest BCUT2D eigenvalue weighted by molar-refractivity contribution is 0.132. The number of H-pyrrole nitrogens is 2. The van der Waals surface area contributed by atoms with Crippen molar-refractivity contribution in [1.82, 2.24) is 9.97 Å². The molecule has 10 nitrogen and oxygen atoms in total. The van der Waals surface area contributed by atoms with E-state index < -0.39 is 11.2 Å². The Bertz CT molecular complexity index is 891. The Morgan fingerprint density at radius 1 is 0.857 bits per heavy atom. The highest BCUT2D eigenvalue weighted by Crippen LogP contribution is 2.23. The highest BCUT2D eigenvalue weighted by Gasteiger charge is 1.98. The van der Waals surface area contributed by atoms with Crippen LogP contribution in [-0.4, -0.2) is 45.8 Å². The number of phenols is 2. The van der Waals surface area contributed by atoms with Gasteiger partial charge in [-0.05, 0) is 49.4 Å². The molecule has 0 fully saturated rings. The van der Waals surface area contributed by atoms with Gasteiger partial charge in [0.15, 0.2) is 11.5 Å². The smallest absolute Gasteiger partial charge is 0.326 e. The van der Waals surface area contributed by atoms with E-state index in [2.05, 4.69) is 20.3 Å². The van der Waals surface area contributed by atoms with Crippen LogP contribution in [0.3, 0.4) is 0 Å². The van der Waals surface area contributed by atoms with E-state index in [-0.39, 0.29) is 17.2 Å². The standard InChI is InChI=1S/C18H22N4O6/c23-15-6-5-13(9-16(15)24)11-19-27-7-3-1-2-4-8-28-20-12-14-10-17(25)22-18(26)21-14/h5-6,9-12,23-24H,1-4,7-8H2,(H2,21,22,25,26)/b19-11+,20-12+. The third kappa shape index (κ3) is 7.77.